The lowest BCUT2D eigenvalue weighted by molar-refractivity contribution is -0.116. The summed E-state index contributed by atoms with van der Waals surface area (Å²) in [7, 11) is 0. The lowest BCUT2D eigenvalue weighted by atomic mass is 10.2. The van der Waals surface area contributed by atoms with Crippen LogP contribution >= 0.6 is 0 Å². The fourth-order valence-electron chi connectivity index (χ4n) is 2.76. The monoisotopic (exact) mass is 395 g/mol. The van der Waals surface area contributed by atoms with E-state index < -0.39 is 35.4 Å². The zero-order valence-electron chi connectivity index (χ0n) is 15.1. The molecular formula is C18H17F4N5O. The molecule has 1 aromatic carbocycles. The van der Waals surface area contributed by atoms with Crippen LogP contribution in [0, 0.1) is 37.1 Å². The van der Waals surface area contributed by atoms with Crippen molar-refractivity contribution in [1.29, 1.82) is 0 Å². The molecule has 28 heavy (non-hydrogen) atoms. The Morgan fingerprint density at radius 2 is 1.86 bits per heavy atom. The Bertz CT molecular complexity index is 1030. The minimum atomic E-state index is -1.75. The van der Waals surface area contributed by atoms with Crippen LogP contribution in [-0.4, -0.2) is 25.5 Å². The van der Waals surface area contributed by atoms with Crippen LogP contribution in [0.4, 0.5) is 23.2 Å². The third-order valence-electron chi connectivity index (χ3n) is 4.10. The van der Waals surface area contributed by atoms with Crippen molar-refractivity contribution in [1.82, 2.24) is 19.6 Å². The molecule has 6 nitrogen and oxygen atoms in total. The van der Waals surface area contributed by atoms with E-state index in [0.717, 1.165) is 16.1 Å². The van der Waals surface area contributed by atoms with Gasteiger partial charge in [0.15, 0.2) is 17.5 Å². The summed E-state index contributed by atoms with van der Waals surface area (Å²) in [5.41, 5.74) is 1.44. The van der Waals surface area contributed by atoms with Crippen LogP contribution in [0.3, 0.4) is 0 Å². The maximum absolute atomic E-state index is 13.7. The Labute approximate surface area is 157 Å². The van der Waals surface area contributed by atoms with Crippen LogP contribution in [0.25, 0.3) is 0 Å². The van der Waals surface area contributed by atoms with Gasteiger partial charge in [-0.15, -0.1) is 0 Å². The summed E-state index contributed by atoms with van der Waals surface area (Å²) >= 11 is 0. The number of aromatic nitrogens is 4. The normalized spacial score (nSPS) is 11.1. The average Bonchev–Trinajstić information content (AvgIpc) is 3.20. The van der Waals surface area contributed by atoms with Crippen LogP contribution in [-0.2, 0) is 17.9 Å². The smallest absolute Gasteiger partial charge is 0.226 e. The van der Waals surface area contributed by atoms with Crippen molar-refractivity contribution in [2.75, 3.05) is 5.32 Å². The number of aryl methyl sites for hydroxylation is 3. The number of nitrogens with zero attached hydrogens (tertiary/aromatic N) is 4. The highest BCUT2D eigenvalue weighted by atomic mass is 19.2. The van der Waals surface area contributed by atoms with Crippen molar-refractivity contribution in [2.24, 2.45) is 0 Å². The van der Waals surface area contributed by atoms with Crippen molar-refractivity contribution in [3.63, 3.8) is 0 Å². The summed E-state index contributed by atoms with van der Waals surface area (Å²) in [6.07, 6.45) is 2.79. The molecule has 2 aromatic heterocycles. The second kappa shape index (κ2) is 7.83. The number of anilines is 1. The van der Waals surface area contributed by atoms with E-state index in [9.17, 15) is 22.4 Å². The van der Waals surface area contributed by atoms with Gasteiger partial charge in [-0.2, -0.15) is 10.2 Å². The van der Waals surface area contributed by atoms with Crippen LogP contribution in [0.5, 0.6) is 0 Å². The van der Waals surface area contributed by atoms with Crippen molar-refractivity contribution in [3.8, 4) is 0 Å². The van der Waals surface area contributed by atoms with Gasteiger partial charge in [0.25, 0.3) is 0 Å². The van der Waals surface area contributed by atoms with Crippen LogP contribution in [0.15, 0.2) is 24.5 Å². The summed E-state index contributed by atoms with van der Waals surface area (Å²) < 4.78 is 56.6. The van der Waals surface area contributed by atoms with E-state index in [2.05, 4.69) is 15.5 Å². The van der Waals surface area contributed by atoms with E-state index in [-0.39, 0.29) is 18.4 Å². The predicted octanol–water partition coefficient (Wildman–Crippen LogP) is 3.33. The van der Waals surface area contributed by atoms with Gasteiger partial charge in [-0.25, -0.2) is 17.6 Å². The van der Waals surface area contributed by atoms with Crippen LogP contribution < -0.4 is 5.32 Å². The minimum absolute atomic E-state index is 0.166. The predicted molar refractivity (Wildman–Crippen MR) is 92.6 cm³/mol. The third kappa shape index (κ3) is 4.21. The summed E-state index contributed by atoms with van der Waals surface area (Å²) in [4.78, 5) is 12.1. The van der Waals surface area contributed by atoms with Crippen molar-refractivity contribution >= 4 is 11.6 Å². The molecule has 1 N–H and O–H groups in total. The first kappa shape index (κ1) is 19.6. The molecule has 0 bridgehead atoms. The lowest BCUT2D eigenvalue weighted by Gasteiger charge is -2.07. The molecule has 0 aliphatic rings. The van der Waals surface area contributed by atoms with Crippen molar-refractivity contribution < 1.29 is 22.4 Å². The Kier molecular flexibility index (Phi) is 5.48. The van der Waals surface area contributed by atoms with Gasteiger partial charge in [-0.3, -0.25) is 14.2 Å². The highest BCUT2D eigenvalue weighted by Gasteiger charge is 2.19. The van der Waals surface area contributed by atoms with Gasteiger partial charge in [0, 0.05) is 36.5 Å². The van der Waals surface area contributed by atoms with Gasteiger partial charge in [0.05, 0.1) is 24.1 Å². The zero-order chi connectivity index (χ0) is 20.4. The van der Waals surface area contributed by atoms with Gasteiger partial charge >= 0.3 is 0 Å². The fraction of sp³-hybridized carbons (Fsp3) is 0.278. The quantitative estimate of drug-likeness (QED) is 0.396. The lowest BCUT2D eigenvalue weighted by Crippen LogP contribution is -2.15. The number of hydrogen-bond donors (Lipinski definition) is 1. The average molecular weight is 395 g/mol. The summed E-state index contributed by atoms with van der Waals surface area (Å²) in [5, 5.41) is 10.7. The SMILES string of the molecule is Cc1cc(C)n(CCC(=O)Nc2cnn(Cc3c(F)cc(F)c(F)c3F)c2)n1. The molecule has 0 spiro atoms. The largest absolute Gasteiger partial charge is 0.323 e. The molecule has 0 fully saturated rings. The molecule has 0 saturated carbocycles. The molecular weight excluding hydrogens is 378 g/mol. The Morgan fingerprint density at radius 3 is 2.54 bits per heavy atom. The van der Waals surface area contributed by atoms with Gasteiger partial charge in [0.1, 0.15) is 5.82 Å². The summed E-state index contributed by atoms with van der Waals surface area (Å²) in [5.74, 6) is -6.47. The molecule has 1 amide bonds. The molecule has 0 saturated heterocycles. The van der Waals surface area contributed by atoms with Crippen molar-refractivity contribution in [2.45, 2.75) is 33.4 Å². The van der Waals surface area contributed by atoms with E-state index in [1.165, 1.54) is 12.4 Å². The number of hydrogen-bond acceptors (Lipinski definition) is 3. The molecule has 0 atom stereocenters. The maximum atomic E-state index is 13.7. The molecule has 148 valence electrons. The maximum Gasteiger partial charge on any atom is 0.226 e. The van der Waals surface area contributed by atoms with Gasteiger partial charge < -0.3 is 5.32 Å². The van der Waals surface area contributed by atoms with E-state index >= 15 is 0 Å². The van der Waals surface area contributed by atoms with E-state index in [4.69, 9.17) is 0 Å². The van der Waals surface area contributed by atoms with Gasteiger partial charge in [-0.1, -0.05) is 0 Å². The standard InChI is InChI=1S/C18H17F4N5O/c1-10-5-11(2)27(25-10)4-3-16(28)24-12-7-23-26(8-12)9-13-14(19)6-15(20)18(22)17(13)21/h5-8H,3-4,9H2,1-2H3,(H,24,28). The number of rotatable bonds is 6. The van der Waals surface area contributed by atoms with E-state index in [1.807, 2.05) is 19.9 Å². The first-order valence-electron chi connectivity index (χ1n) is 8.40. The van der Waals surface area contributed by atoms with Crippen LogP contribution in [0.1, 0.15) is 23.4 Å². The summed E-state index contributed by atoms with van der Waals surface area (Å²) in [6.45, 7) is 3.68. The zero-order valence-corrected chi connectivity index (χ0v) is 15.1. The highest BCUT2D eigenvalue weighted by Crippen LogP contribution is 2.20. The molecule has 10 heteroatoms. The van der Waals surface area contributed by atoms with E-state index in [1.54, 1.807) is 4.68 Å². The van der Waals surface area contributed by atoms with Gasteiger partial charge in [0.2, 0.25) is 5.91 Å². The molecule has 0 aliphatic carbocycles. The topological polar surface area (TPSA) is 64.7 Å². The number of amides is 1. The highest BCUT2D eigenvalue weighted by molar-refractivity contribution is 5.90. The number of halogens is 4. The molecule has 2 heterocycles. The van der Waals surface area contributed by atoms with Crippen molar-refractivity contribution in [3.05, 3.63) is 64.7 Å². The number of nitrogens with one attached hydrogen (secondary N) is 1. The second-order valence-corrected chi connectivity index (χ2v) is 6.32. The van der Waals surface area contributed by atoms with E-state index in [0.29, 0.717) is 12.2 Å². The Balaban J connectivity index is 1.62. The Morgan fingerprint density at radius 1 is 1.11 bits per heavy atom. The third-order valence-corrected chi connectivity index (χ3v) is 4.10. The van der Waals surface area contributed by atoms with Gasteiger partial charge in [-0.05, 0) is 19.9 Å². The first-order chi connectivity index (χ1) is 13.2. The molecule has 3 aromatic rings. The second-order valence-electron chi connectivity index (χ2n) is 6.32. The first-order valence-corrected chi connectivity index (χ1v) is 8.40. The minimum Gasteiger partial charge on any atom is -0.323 e. The molecule has 0 aliphatic heterocycles. The van der Waals surface area contributed by atoms with Crippen LogP contribution in [0.2, 0.25) is 0 Å². The fourth-order valence-corrected chi connectivity index (χ4v) is 2.76. The number of benzene rings is 1. The summed E-state index contributed by atoms with van der Waals surface area (Å²) in [6, 6.07) is 2.18. The molecule has 0 radical (unpaired) electrons. The number of carbonyl (C=O) groups excluding carboxylic acids is 1. The Hall–Kier alpha value is -3.17. The molecule has 3 rings (SSSR count). The number of carbonyl (C=O) groups is 1. The molecule has 0 unspecified atom stereocenters.